The molecule has 0 spiro atoms. The first-order valence-corrected chi connectivity index (χ1v) is 9.30. The summed E-state index contributed by atoms with van der Waals surface area (Å²) in [5.41, 5.74) is 1.13. The van der Waals surface area contributed by atoms with Crippen molar-refractivity contribution in [2.45, 2.75) is 13.8 Å². The van der Waals surface area contributed by atoms with Gasteiger partial charge in [-0.2, -0.15) is 5.26 Å². The van der Waals surface area contributed by atoms with E-state index in [9.17, 15) is 14.9 Å². The number of piperazine rings is 1. The molecule has 1 aliphatic heterocycles. The maximum absolute atomic E-state index is 13.2. The largest absolute Gasteiger partial charge is 0.465 e. The van der Waals surface area contributed by atoms with Crippen LogP contribution in [0.1, 0.15) is 18.1 Å². The van der Waals surface area contributed by atoms with Crippen molar-refractivity contribution in [3.8, 4) is 6.07 Å². The van der Waals surface area contributed by atoms with Gasteiger partial charge in [0.15, 0.2) is 0 Å². The Balaban J connectivity index is 2.21. The average molecular weight is 382 g/mol. The molecule has 0 radical (unpaired) electrons. The lowest BCUT2D eigenvalue weighted by Gasteiger charge is -2.33. The predicted octanol–water partition coefficient (Wildman–Crippen LogP) is -0.192. The molecule has 2 aromatic heterocycles. The highest BCUT2D eigenvalue weighted by molar-refractivity contribution is 5.98. The number of methoxy groups -OCH3 is 1. The van der Waals surface area contributed by atoms with E-state index < -0.39 is 5.97 Å². The zero-order chi connectivity index (χ0) is 20.3. The van der Waals surface area contributed by atoms with E-state index >= 15 is 0 Å². The van der Waals surface area contributed by atoms with Crippen molar-refractivity contribution in [3.63, 3.8) is 0 Å². The van der Waals surface area contributed by atoms with E-state index in [1.165, 1.54) is 22.5 Å². The lowest BCUT2D eigenvalue weighted by Crippen LogP contribution is -3.14. The third kappa shape index (κ3) is 3.62. The number of fused-ring (bicyclic) bond motifs is 1. The van der Waals surface area contributed by atoms with E-state index in [0.717, 1.165) is 38.3 Å². The highest BCUT2D eigenvalue weighted by Crippen LogP contribution is 2.20. The highest BCUT2D eigenvalue weighted by Gasteiger charge is 2.25. The molecule has 8 heteroatoms. The molecule has 1 fully saturated rings. The average Bonchev–Trinajstić information content (AvgIpc) is 2.73. The summed E-state index contributed by atoms with van der Waals surface area (Å²) in [6, 6.07) is 5.49. The highest BCUT2D eigenvalue weighted by atomic mass is 16.5. The number of hydrogen-bond acceptors (Lipinski definition) is 6. The fourth-order valence-electron chi connectivity index (χ4n) is 3.45. The molecule has 0 atom stereocenters. The normalized spacial score (nSPS) is 15.5. The summed E-state index contributed by atoms with van der Waals surface area (Å²) in [6.07, 6.45) is 2.94. The molecule has 0 bridgehead atoms. The molecule has 3 heterocycles. The van der Waals surface area contributed by atoms with Crippen molar-refractivity contribution in [1.82, 2.24) is 9.38 Å². The number of ether oxygens (including phenoxy) is 1. The molecule has 0 saturated carbocycles. The fourth-order valence-corrected chi connectivity index (χ4v) is 3.45. The van der Waals surface area contributed by atoms with Crippen LogP contribution in [0.5, 0.6) is 0 Å². The maximum atomic E-state index is 13.2. The Kier molecular flexibility index (Phi) is 5.76. The van der Waals surface area contributed by atoms with Gasteiger partial charge >= 0.3 is 5.97 Å². The topological polar surface area (TPSA) is 92.1 Å². The number of pyridine rings is 1. The molecular weight excluding hydrogens is 358 g/mol. The van der Waals surface area contributed by atoms with E-state index in [1.807, 2.05) is 19.1 Å². The lowest BCUT2D eigenvalue weighted by atomic mass is 10.1. The van der Waals surface area contributed by atoms with Crippen molar-refractivity contribution in [3.05, 3.63) is 45.4 Å². The Morgan fingerprint density at radius 1 is 1.43 bits per heavy atom. The summed E-state index contributed by atoms with van der Waals surface area (Å²) in [7, 11) is 1.20. The minimum absolute atomic E-state index is 0.227. The fraction of sp³-hybridized carbons (Fsp3) is 0.400. The number of aromatic nitrogens is 2. The number of nitriles is 1. The van der Waals surface area contributed by atoms with Crippen LogP contribution < -0.4 is 15.4 Å². The van der Waals surface area contributed by atoms with Gasteiger partial charge in [0, 0.05) is 6.20 Å². The number of nitrogens with one attached hydrogen (secondary N) is 1. The van der Waals surface area contributed by atoms with Gasteiger partial charge in [-0.1, -0.05) is 6.07 Å². The number of nitrogens with zero attached hydrogens (tertiary/aromatic N) is 4. The summed E-state index contributed by atoms with van der Waals surface area (Å²) in [4.78, 5) is 33.4. The monoisotopic (exact) mass is 382 g/mol. The molecule has 2 aromatic rings. The van der Waals surface area contributed by atoms with Gasteiger partial charge in [0.05, 0.1) is 45.4 Å². The van der Waals surface area contributed by atoms with Crippen molar-refractivity contribution in [2.75, 3.05) is 44.7 Å². The predicted molar refractivity (Wildman–Crippen MR) is 105 cm³/mol. The SMILES string of the molecule is CC[NH+]1CCN(c2nc3c(C)cccn3c(=O)c2/C=C(\C#N)C(=O)OC)CC1. The summed E-state index contributed by atoms with van der Waals surface area (Å²) in [6.45, 7) is 8.48. The Labute approximate surface area is 163 Å². The summed E-state index contributed by atoms with van der Waals surface area (Å²) in [5.74, 6) is -0.270. The van der Waals surface area contributed by atoms with Gasteiger partial charge in [-0.25, -0.2) is 9.78 Å². The smallest absolute Gasteiger partial charge is 0.348 e. The minimum Gasteiger partial charge on any atom is -0.465 e. The second-order valence-electron chi connectivity index (χ2n) is 6.79. The third-order valence-electron chi connectivity index (χ3n) is 5.15. The third-order valence-corrected chi connectivity index (χ3v) is 5.15. The van der Waals surface area contributed by atoms with Crippen molar-refractivity contribution in [1.29, 1.82) is 5.26 Å². The van der Waals surface area contributed by atoms with Gasteiger partial charge in [-0.3, -0.25) is 9.20 Å². The number of rotatable bonds is 4. The van der Waals surface area contributed by atoms with Crippen LogP contribution in [0.15, 0.2) is 28.7 Å². The molecule has 8 nitrogen and oxygen atoms in total. The molecule has 1 aliphatic rings. The quantitative estimate of drug-likeness (QED) is 0.448. The van der Waals surface area contributed by atoms with Crippen LogP contribution in [0.4, 0.5) is 5.82 Å². The first kappa shape index (κ1) is 19.6. The Morgan fingerprint density at radius 2 is 2.14 bits per heavy atom. The molecule has 0 aliphatic carbocycles. The number of likely N-dealkylation sites (N-methyl/N-ethyl adjacent to an activating group) is 1. The molecule has 146 valence electrons. The van der Waals surface area contributed by atoms with Crippen LogP contribution in [0.2, 0.25) is 0 Å². The molecule has 3 rings (SSSR count). The first-order valence-electron chi connectivity index (χ1n) is 9.30. The molecular formula is C20H24N5O3+. The minimum atomic E-state index is -0.776. The number of quaternary nitrogens is 1. The Bertz CT molecular complexity index is 1030. The molecule has 0 unspecified atom stereocenters. The maximum Gasteiger partial charge on any atom is 0.348 e. The van der Waals surface area contributed by atoms with Gasteiger partial charge in [-0.05, 0) is 31.6 Å². The van der Waals surface area contributed by atoms with Crippen LogP contribution in [-0.4, -0.2) is 55.2 Å². The molecule has 0 aromatic carbocycles. The molecule has 1 saturated heterocycles. The number of aryl methyl sites for hydroxylation is 1. The Hall–Kier alpha value is -3.18. The zero-order valence-corrected chi connectivity index (χ0v) is 16.4. The van der Waals surface area contributed by atoms with E-state index in [4.69, 9.17) is 4.98 Å². The van der Waals surface area contributed by atoms with Crippen molar-refractivity contribution >= 4 is 23.5 Å². The molecule has 28 heavy (non-hydrogen) atoms. The van der Waals surface area contributed by atoms with Gasteiger partial charge in [0.2, 0.25) is 0 Å². The van der Waals surface area contributed by atoms with E-state index in [-0.39, 0.29) is 16.7 Å². The van der Waals surface area contributed by atoms with Crippen LogP contribution in [0.3, 0.4) is 0 Å². The number of esters is 1. The number of hydrogen-bond donors (Lipinski definition) is 1. The molecule has 0 amide bonds. The van der Waals surface area contributed by atoms with E-state index in [2.05, 4.69) is 16.6 Å². The van der Waals surface area contributed by atoms with Crippen LogP contribution in [0.25, 0.3) is 11.7 Å². The number of anilines is 1. The van der Waals surface area contributed by atoms with E-state index in [0.29, 0.717) is 11.5 Å². The number of carbonyl (C=O) groups is 1. The van der Waals surface area contributed by atoms with Crippen LogP contribution in [-0.2, 0) is 9.53 Å². The molecule has 1 N–H and O–H groups in total. The summed E-state index contributed by atoms with van der Waals surface area (Å²) < 4.78 is 6.11. The second kappa shape index (κ2) is 8.23. The van der Waals surface area contributed by atoms with Gasteiger partial charge < -0.3 is 14.5 Å². The second-order valence-corrected chi connectivity index (χ2v) is 6.79. The number of carbonyl (C=O) groups excluding carboxylic acids is 1. The lowest BCUT2D eigenvalue weighted by molar-refractivity contribution is -0.898. The van der Waals surface area contributed by atoms with Crippen LogP contribution in [0, 0.1) is 18.3 Å². The van der Waals surface area contributed by atoms with Gasteiger partial charge in [0.1, 0.15) is 23.1 Å². The van der Waals surface area contributed by atoms with E-state index in [1.54, 1.807) is 12.3 Å². The van der Waals surface area contributed by atoms with Crippen molar-refractivity contribution < 1.29 is 14.4 Å². The zero-order valence-electron chi connectivity index (χ0n) is 16.4. The van der Waals surface area contributed by atoms with Gasteiger partial charge in [0.25, 0.3) is 5.56 Å². The standard InChI is InChI=1S/C20H23N5O3/c1-4-23-8-10-24(11-9-23)18-16(12-15(13-21)20(27)28-3)19(26)25-7-5-6-14(2)17(25)22-18/h5-7,12H,4,8-11H2,1-3H3/p+1/b15-12+. The summed E-state index contributed by atoms with van der Waals surface area (Å²) >= 11 is 0. The van der Waals surface area contributed by atoms with Crippen LogP contribution >= 0.6 is 0 Å². The van der Waals surface area contributed by atoms with Gasteiger partial charge in [-0.15, -0.1) is 0 Å². The first-order chi connectivity index (χ1) is 13.5. The summed E-state index contributed by atoms with van der Waals surface area (Å²) in [5, 5.41) is 9.34. The van der Waals surface area contributed by atoms with Crippen molar-refractivity contribution in [2.24, 2.45) is 0 Å². The Morgan fingerprint density at radius 3 is 2.75 bits per heavy atom.